The van der Waals surface area contributed by atoms with Gasteiger partial charge in [0.05, 0.1) is 0 Å². The van der Waals surface area contributed by atoms with E-state index in [1.54, 1.807) is 0 Å². The van der Waals surface area contributed by atoms with Crippen molar-refractivity contribution in [3.63, 3.8) is 0 Å². The Kier molecular flexibility index (Phi) is 5.68. The van der Waals surface area contributed by atoms with Gasteiger partial charge in [-0.15, -0.1) is 0 Å². The Hall–Kier alpha value is -4.15. The normalized spacial score (nSPS) is 12.0. The fourth-order valence-electron chi connectivity index (χ4n) is 5.50. The zero-order chi connectivity index (χ0) is 26.6. The van der Waals surface area contributed by atoms with Crippen LogP contribution in [0.1, 0.15) is 0 Å². The van der Waals surface area contributed by atoms with Crippen LogP contribution in [0.15, 0.2) is 126 Å². The molecule has 0 unspecified atom stereocenters. The second-order valence-corrected chi connectivity index (χ2v) is 21.9. The van der Waals surface area contributed by atoms with Gasteiger partial charge in [-0.3, -0.25) is 0 Å². The van der Waals surface area contributed by atoms with Crippen molar-refractivity contribution in [3.05, 3.63) is 121 Å². The topological polar surface area (TPSA) is 26.0 Å². The fraction of sp³-hybridized carbons (Fsp3) is 0.0833. The Morgan fingerprint density at radius 1 is 0.538 bits per heavy atom. The molecule has 0 bridgehead atoms. The first kappa shape index (κ1) is 23.9. The van der Waals surface area contributed by atoms with E-state index < -0.39 is 13.3 Å². The number of hydrogen-bond acceptors (Lipinski definition) is 2. The molecule has 2 heterocycles. The molecule has 7 aromatic rings. The minimum atomic E-state index is -1.80. The number of furan rings is 1. The summed E-state index contributed by atoms with van der Waals surface area (Å²) in [6.07, 6.45) is 1.89. The summed E-state index contributed by atoms with van der Waals surface area (Å²) < 4.78 is 8.09. The second kappa shape index (κ2) is 9.25. The van der Waals surface area contributed by atoms with Crippen LogP contribution >= 0.6 is 0 Å². The number of pyridine rings is 1. The van der Waals surface area contributed by atoms with Gasteiger partial charge in [0.25, 0.3) is 0 Å². The van der Waals surface area contributed by atoms with Crippen LogP contribution in [0.2, 0.25) is 17.3 Å². The van der Waals surface area contributed by atoms with E-state index in [1.165, 1.54) is 26.5 Å². The van der Waals surface area contributed by atoms with Gasteiger partial charge in [0.2, 0.25) is 0 Å². The number of para-hydroxylation sites is 1. The Labute approximate surface area is 231 Å². The van der Waals surface area contributed by atoms with Crippen molar-refractivity contribution >= 4 is 50.4 Å². The van der Waals surface area contributed by atoms with E-state index in [4.69, 9.17) is 9.40 Å². The molecule has 0 aliphatic heterocycles. The van der Waals surface area contributed by atoms with Crippen molar-refractivity contribution in [2.45, 2.75) is 17.3 Å². The van der Waals surface area contributed by atoms with Gasteiger partial charge >= 0.3 is 140 Å². The predicted molar refractivity (Wildman–Crippen MR) is 168 cm³/mol. The molecule has 0 aliphatic rings. The molecule has 0 atom stereocenters. The monoisotopic (exact) mass is 565 g/mol. The van der Waals surface area contributed by atoms with Crippen molar-refractivity contribution in [2.24, 2.45) is 0 Å². The van der Waals surface area contributed by atoms with Gasteiger partial charge in [0.1, 0.15) is 11.2 Å². The van der Waals surface area contributed by atoms with Crippen molar-refractivity contribution in [1.29, 1.82) is 0 Å². The number of aromatic nitrogens is 1. The summed E-state index contributed by atoms with van der Waals surface area (Å²) in [5, 5.41) is 4.57. The molecular formula is C36H29GeNO. The fourth-order valence-corrected chi connectivity index (χ4v) is 7.95. The van der Waals surface area contributed by atoms with Gasteiger partial charge in [-0.25, -0.2) is 0 Å². The number of hydrogen-bond donors (Lipinski definition) is 0. The van der Waals surface area contributed by atoms with E-state index in [0.717, 1.165) is 44.1 Å². The van der Waals surface area contributed by atoms with Crippen molar-refractivity contribution in [1.82, 2.24) is 4.98 Å². The van der Waals surface area contributed by atoms with E-state index in [1.807, 2.05) is 6.20 Å². The molecule has 0 radical (unpaired) electrons. The van der Waals surface area contributed by atoms with E-state index in [9.17, 15) is 0 Å². The molecule has 0 saturated carbocycles. The van der Waals surface area contributed by atoms with Gasteiger partial charge in [-0.2, -0.15) is 0 Å². The first-order valence-corrected chi connectivity index (χ1v) is 20.8. The average molecular weight is 564 g/mol. The molecule has 0 N–H and O–H groups in total. The Morgan fingerprint density at radius 3 is 1.92 bits per heavy atom. The van der Waals surface area contributed by atoms with Gasteiger partial charge in [0.15, 0.2) is 0 Å². The van der Waals surface area contributed by atoms with E-state index in [2.05, 4.69) is 133 Å². The number of benzene rings is 5. The molecule has 0 saturated heterocycles. The predicted octanol–water partition coefficient (Wildman–Crippen LogP) is 9.68. The molecule has 39 heavy (non-hydrogen) atoms. The molecule has 2 aromatic heterocycles. The van der Waals surface area contributed by atoms with Crippen LogP contribution in [0.5, 0.6) is 0 Å². The van der Waals surface area contributed by atoms with Gasteiger partial charge in [-0.1, -0.05) is 42.5 Å². The molecule has 0 aliphatic carbocycles. The molecular weight excluding hydrogens is 535 g/mol. The molecule has 188 valence electrons. The first-order chi connectivity index (χ1) is 19.0. The number of nitrogens with zero attached hydrogens (tertiary/aromatic N) is 1. The SMILES string of the molecule is [CH3][Ge]([CH3])([CH3])[c]1ccc(-c2ccc(-c3ccnc(-c4cccc5c4oc4c6ccccc6ccc54)c3)cc2)cc1. The van der Waals surface area contributed by atoms with Gasteiger partial charge < -0.3 is 4.42 Å². The standard InChI is InChI=1S/C36H29GeNO/c1-37(2,3)29-18-15-25(16-19-29)24-11-13-26(14-12-24)28-21-22-38-34(23-28)33-10-6-9-31-32-20-17-27-7-4-5-8-30(27)35(32)39-36(31)33/h4-23H,1-3H3. The van der Waals surface area contributed by atoms with E-state index >= 15 is 0 Å². The third-order valence-corrected chi connectivity index (χ3v) is 12.1. The van der Waals surface area contributed by atoms with Crippen LogP contribution in [0.4, 0.5) is 0 Å². The number of fused-ring (bicyclic) bond motifs is 5. The molecule has 0 amide bonds. The summed E-state index contributed by atoms with van der Waals surface area (Å²) in [6, 6.07) is 41.3. The molecule has 2 nitrogen and oxygen atoms in total. The zero-order valence-corrected chi connectivity index (χ0v) is 24.5. The summed E-state index contributed by atoms with van der Waals surface area (Å²) in [5.41, 5.74) is 8.54. The molecule has 0 fully saturated rings. The van der Waals surface area contributed by atoms with Crippen LogP contribution in [0, 0.1) is 0 Å². The summed E-state index contributed by atoms with van der Waals surface area (Å²) in [7, 11) is 0. The third kappa shape index (κ3) is 4.25. The van der Waals surface area contributed by atoms with Crippen LogP contribution in [0.25, 0.3) is 66.2 Å². The van der Waals surface area contributed by atoms with Gasteiger partial charge in [0, 0.05) is 16.2 Å². The van der Waals surface area contributed by atoms with Gasteiger partial charge in [-0.05, 0) is 17.5 Å². The summed E-state index contributed by atoms with van der Waals surface area (Å²) >= 11 is -1.80. The number of rotatable bonds is 4. The minimum absolute atomic E-state index is 0.881. The maximum atomic E-state index is 6.55. The molecule has 0 spiro atoms. The second-order valence-electron chi connectivity index (χ2n) is 11.3. The zero-order valence-electron chi connectivity index (χ0n) is 22.4. The Morgan fingerprint density at radius 2 is 1.18 bits per heavy atom. The summed E-state index contributed by atoms with van der Waals surface area (Å²) in [6.45, 7) is 0. The molecule has 7 rings (SSSR count). The maximum absolute atomic E-state index is 6.55. The third-order valence-electron chi connectivity index (χ3n) is 7.73. The van der Waals surface area contributed by atoms with Crippen LogP contribution in [0.3, 0.4) is 0 Å². The van der Waals surface area contributed by atoms with Crippen molar-refractivity contribution < 1.29 is 4.42 Å². The quantitative estimate of drug-likeness (QED) is 0.199. The van der Waals surface area contributed by atoms with Crippen molar-refractivity contribution in [3.8, 4) is 33.5 Å². The first-order valence-electron chi connectivity index (χ1n) is 13.5. The molecule has 3 heteroatoms. The average Bonchev–Trinajstić information content (AvgIpc) is 3.36. The van der Waals surface area contributed by atoms with Crippen molar-refractivity contribution in [2.75, 3.05) is 0 Å². The van der Waals surface area contributed by atoms with Crippen LogP contribution < -0.4 is 4.40 Å². The summed E-state index contributed by atoms with van der Waals surface area (Å²) in [4.78, 5) is 4.76. The van der Waals surface area contributed by atoms with E-state index in [0.29, 0.717) is 0 Å². The van der Waals surface area contributed by atoms with Crippen LogP contribution in [-0.4, -0.2) is 18.3 Å². The Balaban J connectivity index is 1.26. The Bertz CT molecular complexity index is 1980. The summed E-state index contributed by atoms with van der Waals surface area (Å²) in [5.74, 6) is 7.30. The van der Waals surface area contributed by atoms with Crippen LogP contribution in [-0.2, 0) is 0 Å². The van der Waals surface area contributed by atoms with E-state index in [-0.39, 0.29) is 0 Å². The molecule has 5 aromatic carbocycles.